The molecular weight excluding hydrogens is 373 g/mol. The van der Waals surface area contributed by atoms with Crippen molar-refractivity contribution in [1.82, 2.24) is 4.98 Å². The second kappa shape index (κ2) is 7.11. The van der Waals surface area contributed by atoms with Crippen LogP contribution in [0, 0.1) is 12.7 Å². The lowest BCUT2D eigenvalue weighted by atomic mass is 9.97. The van der Waals surface area contributed by atoms with Crippen molar-refractivity contribution < 1.29 is 27.1 Å². The van der Waals surface area contributed by atoms with Gasteiger partial charge in [0.15, 0.2) is 9.84 Å². The van der Waals surface area contributed by atoms with Crippen LogP contribution in [0.4, 0.5) is 4.39 Å². The number of nitrogens with zero attached hydrogens (tertiary/aromatic N) is 1. The SMILES string of the molecule is CC[C@H]1OC(=O)C(Oc2ccc(F)cn2)=C1c1ccc(S(C)(=O)=O)c(C)c1. The maximum absolute atomic E-state index is 13.0. The zero-order chi connectivity index (χ0) is 19.8. The highest BCUT2D eigenvalue weighted by molar-refractivity contribution is 7.90. The van der Waals surface area contributed by atoms with E-state index in [2.05, 4.69) is 4.98 Å². The molecule has 6 nitrogen and oxygen atoms in total. The fourth-order valence-corrected chi connectivity index (χ4v) is 3.92. The third kappa shape index (κ3) is 3.85. The average molecular weight is 391 g/mol. The molecule has 8 heteroatoms. The molecule has 0 aliphatic carbocycles. The first-order valence-corrected chi connectivity index (χ1v) is 10.2. The second-order valence-electron chi connectivity index (χ2n) is 6.21. The van der Waals surface area contributed by atoms with E-state index in [1.54, 1.807) is 19.1 Å². The number of carbonyl (C=O) groups excluding carboxylic acids is 1. The van der Waals surface area contributed by atoms with Gasteiger partial charge in [-0.05, 0) is 36.6 Å². The molecule has 3 rings (SSSR count). The highest BCUT2D eigenvalue weighted by atomic mass is 32.2. The summed E-state index contributed by atoms with van der Waals surface area (Å²) in [7, 11) is -3.36. The lowest BCUT2D eigenvalue weighted by Crippen LogP contribution is -2.10. The van der Waals surface area contributed by atoms with Crippen LogP contribution in [0.15, 0.2) is 47.2 Å². The molecule has 142 valence electrons. The maximum Gasteiger partial charge on any atom is 0.375 e. The molecule has 27 heavy (non-hydrogen) atoms. The van der Waals surface area contributed by atoms with Crippen molar-refractivity contribution >= 4 is 21.4 Å². The molecule has 1 aliphatic heterocycles. The molecule has 1 aliphatic rings. The van der Waals surface area contributed by atoms with Crippen molar-refractivity contribution in [2.75, 3.05) is 6.26 Å². The van der Waals surface area contributed by atoms with E-state index >= 15 is 0 Å². The minimum absolute atomic E-state index is 0.0348. The standard InChI is InChI=1S/C19H18FNO5S/c1-4-14-17(12-5-7-15(11(2)9-12)27(3,23)24)18(19(22)25-14)26-16-8-6-13(20)10-21-16/h5-10,14H,4H2,1-3H3/t14-/m1/s1. The predicted molar refractivity (Wildman–Crippen MR) is 96.2 cm³/mol. The van der Waals surface area contributed by atoms with Crippen LogP contribution in [0.25, 0.3) is 5.57 Å². The first kappa shape index (κ1) is 19.0. The topological polar surface area (TPSA) is 82.6 Å². The summed E-state index contributed by atoms with van der Waals surface area (Å²) in [6.07, 6.45) is 2.10. The number of carbonyl (C=O) groups is 1. The molecule has 0 fully saturated rings. The number of sulfone groups is 1. The Balaban J connectivity index is 2.09. The third-order valence-corrected chi connectivity index (χ3v) is 5.42. The van der Waals surface area contributed by atoms with E-state index in [4.69, 9.17) is 9.47 Å². The fraction of sp³-hybridized carbons (Fsp3) is 0.263. The molecule has 0 N–H and O–H groups in total. The number of aromatic nitrogens is 1. The van der Waals surface area contributed by atoms with Gasteiger partial charge in [0.2, 0.25) is 11.6 Å². The van der Waals surface area contributed by atoms with E-state index in [-0.39, 0.29) is 16.5 Å². The number of hydrogen-bond donors (Lipinski definition) is 0. The van der Waals surface area contributed by atoms with E-state index in [9.17, 15) is 17.6 Å². The van der Waals surface area contributed by atoms with Crippen molar-refractivity contribution in [3.63, 3.8) is 0 Å². The summed E-state index contributed by atoms with van der Waals surface area (Å²) in [5, 5.41) is 0. The normalized spacial score (nSPS) is 17.2. The molecule has 0 amide bonds. The summed E-state index contributed by atoms with van der Waals surface area (Å²) in [5.41, 5.74) is 1.68. The minimum atomic E-state index is -3.36. The molecule has 0 bridgehead atoms. The first-order valence-electron chi connectivity index (χ1n) is 8.26. The van der Waals surface area contributed by atoms with Gasteiger partial charge in [0.05, 0.1) is 16.7 Å². The smallest absolute Gasteiger partial charge is 0.375 e. The van der Waals surface area contributed by atoms with Crippen LogP contribution in [-0.2, 0) is 19.4 Å². The Hall–Kier alpha value is -2.74. The van der Waals surface area contributed by atoms with Gasteiger partial charge in [0.1, 0.15) is 11.9 Å². The van der Waals surface area contributed by atoms with Gasteiger partial charge >= 0.3 is 5.97 Å². The Labute approximate surface area is 156 Å². The summed E-state index contributed by atoms with van der Waals surface area (Å²) < 4.78 is 47.7. The molecule has 0 unspecified atom stereocenters. The lowest BCUT2D eigenvalue weighted by Gasteiger charge is -2.13. The Kier molecular flexibility index (Phi) is 5.01. The predicted octanol–water partition coefficient (Wildman–Crippen LogP) is 3.06. The number of aryl methyl sites for hydroxylation is 1. The largest absolute Gasteiger partial charge is 0.451 e. The maximum atomic E-state index is 13.0. The van der Waals surface area contributed by atoms with Gasteiger partial charge in [0.25, 0.3) is 0 Å². The quantitative estimate of drug-likeness (QED) is 0.729. The summed E-state index contributed by atoms with van der Waals surface area (Å²) in [6.45, 7) is 3.54. The van der Waals surface area contributed by atoms with Crippen molar-refractivity contribution in [2.45, 2.75) is 31.3 Å². The molecule has 2 aromatic rings. The fourth-order valence-electron chi connectivity index (χ4n) is 2.96. The van der Waals surface area contributed by atoms with Gasteiger partial charge in [-0.15, -0.1) is 0 Å². The van der Waals surface area contributed by atoms with Gasteiger partial charge in [-0.3, -0.25) is 0 Å². The Bertz CT molecular complexity index is 1030. The van der Waals surface area contributed by atoms with E-state index in [1.165, 1.54) is 18.2 Å². The number of ether oxygens (including phenoxy) is 2. The number of esters is 1. The van der Waals surface area contributed by atoms with Crippen LogP contribution in [-0.4, -0.2) is 31.7 Å². The van der Waals surface area contributed by atoms with Crippen molar-refractivity contribution in [3.8, 4) is 5.88 Å². The molecule has 0 saturated heterocycles. The van der Waals surface area contributed by atoms with Gasteiger partial charge in [-0.25, -0.2) is 22.6 Å². The summed E-state index contributed by atoms with van der Waals surface area (Å²) >= 11 is 0. The van der Waals surface area contributed by atoms with Crippen molar-refractivity contribution in [3.05, 3.63) is 59.2 Å². The summed E-state index contributed by atoms with van der Waals surface area (Å²) in [4.78, 5) is 16.3. The second-order valence-corrected chi connectivity index (χ2v) is 8.20. The summed E-state index contributed by atoms with van der Waals surface area (Å²) in [6, 6.07) is 7.27. The van der Waals surface area contributed by atoms with Crippen LogP contribution >= 0.6 is 0 Å². The number of pyridine rings is 1. The van der Waals surface area contributed by atoms with Crippen LogP contribution in [0.3, 0.4) is 0 Å². The number of hydrogen-bond acceptors (Lipinski definition) is 6. The average Bonchev–Trinajstić information content (AvgIpc) is 2.91. The molecule has 0 saturated carbocycles. The molecule has 0 radical (unpaired) electrons. The Morgan fingerprint density at radius 3 is 2.56 bits per heavy atom. The van der Waals surface area contributed by atoms with Crippen molar-refractivity contribution in [2.24, 2.45) is 0 Å². The van der Waals surface area contributed by atoms with E-state index < -0.39 is 27.7 Å². The zero-order valence-electron chi connectivity index (χ0n) is 15.0. The molecule has 2 heterocycles. The Morgan fingerprint density at radius 1 is 1.26 bits per heavy atom. The molecular formula is C19H18FNO5S. The first-order chi connectivity index (χ1) is 12.7. The van der Waals surface area contributed by atoms with E-state index in [0.29, 0.717) is 23.1 Å². The van der Waals surface area contributed by atoms with Gasteiger partial charge in [-0.2, -0.15) is 0 Å². The summed E-state index contributed by atoms with van der Waals surface area (Å²) in [5.74, 6) is -1.15. The van der Waals surface area contributed by atoms with Crippen LogP contribution in [0.2, 0.25) is 0 Å². The van der Waals surface area contributed by atoms with Crippen molar-refractivity contribution in [1.29, 1.82) is 0 Å². The van der Waals surface area contributed by atoms with Gasteiger partial charge in [-0.1, -0.05) is 19.1 Å². The van der Waals surface area contributed by atoms with Crippen LogP contribution in [0.1, 0.15) is 24.5 Å². The van der Waals surface area contributed by atoms with Crippen LogP contribution in [0.5, 0.6) is 5.88 Å². The molecule has 1 aromatic heterocycles. The van der Waals surface area contributed by atoms with Gasteiger partial charge in [0, 0.05) is 12.3 Å². The molecule has 1 atom stereocenters. The number of cyclic esters (lactones) is 1. The number of rotatable bonds is 5. The number of benzene rings is 1. The zero-order valence-corrected chi connectivity index (χ0v) is 15.8. The molecule has 1 aromatic carbocycles. The van der Waals surface area contributed by atoms with Gasteiger partial charge < -0.3 is 9.47 Å². The highest BCUT2D eigenvalue weighted by Crippen LogP contribution is 2.35. The minimum Gasteiger partial charge on any atom is -0.451 e. The van der Waals surface area contributed by atoms with Crippen LogP contribution < -0.4 is 4.74 Å². The molecule has 0 spiro atoms. The highest BCUT2D eigenvalue weighted by Gasteiger charge is 2.36. The number of halogens is 1. The van der Waals surface area contributed by atoms with E-state index in [1.807, 2.05) is 6.92 Å². The monoisotopic (exact) mass is 391 g/mol. The lowest BCUT2D eigenvalue weighted by molar-refractivity contribution is -0.141. The Morgan fingerprint density at radius 2 is 2.00 bits per heavy atom. The third-order valence-electron chi connectivity index (χ3n) is 4.16. The van der Waals surface area contributed by atoms with E-state index in [0.717, 1.165) is 12.5 Å².